The van der Waals surface area contributed by atoms with Gasteiger partial charge >= 0.3 is 20.3 Å². The molecule has 60 heavy (non-hydrogen) atoms. The van der Waals surface area contributed by atoms with Crippen LogP contribution >= 0.6 is 20.4 Å². The van der Waals surface area contributed by atoms with Crippen molar-refractivity contribution in [3.63, 3.8) is 0 Å². The molecule has 1 aliphatic rings. The highest BCUT2D eigenvalue weighted by atomic mass is 32.2. The predicted octanol–water partition coefficient (Wildman–Crippen LogP) is 12.7. The quantitative estimate of drug-likeness (QED) is 0.0532. The Hall–Kier alpha value is -3.66. The number of aromatic nitrogens is 2. The zero-order valence-corrected chi connectivity index (χ0v) is 37.7. The predicted molar refractivity (Wildman–Crippen MR) is 242 cm³/mol. The lowest BCUT2D eigenvalue weighted by Gasteiger charge is -2.19. The van der Waals surface area contributed by atoms with Crippen molar-refractivity contribution < 1.29 is 32.7 Å². The molecule has 3 aromatic rings. The molecule has 0 saturated carbocycles. The van der Waals surface area contributed by atoms with Crippen LogP contribution in [-0.2, 0) is 13.6 Å². The third-order valence-corrected chi connectivity index (χ3v) is 12.2. The first kappa shape index (κ1) is 52.5. The van der Waals surface area contributed by atoms with E-state index in [-0.39, 0.29) is 43.0 Å². The number of nitrogens with one attached hydrogen (secondary N) is 1. The number of alkyl halides is 1. The van der Waals surface area contributed by atoms with Crippen molar-refractivity contribution in [3.05, 3.63) is 94.5 Å². The summed E-state index contributed by atoms with van der Waals surface area (Å²) in [5.74, 6) is -1.16. The number of benzene rings is 2. The first-order chi connectivity index (χ1) is 29.3. The van der Waals surface area contributed by atoms with Crippen LogP contribution in [0.2, 0.25) is 0 Å². The lowest BCUT2D eigenvalue weighted by Crippen LogP contribution is -2.29. The van der Waals surface area contributed by atoms with Crippen LogP contribution in [0.5, 0.6) is 0 Å². The van der Waals surface area contributed by atoms with Crippen LogP contribution < -0.4 is 11.0 Å². The zero-order valence-electron chi connectivity index (χ0n) is 36.0. The lowest BCUT2D eigenvalue weighted by molar-refractivity contribution is 0.0696. The molecule has 4 rings (SSSR count). The SMILES string of the molecule is CC.CCCCCCCCCCCCCCCCCCOP(OCCC#N)OCC1CC(F)C(n2ccc(NC(=O)c3ccccc3)nc2=O)S1.O=C(O)c1ccccc1. The summed E-state index contributed by atoms with van der Waals surface area (Å²) in [4.78, 5) is 39.3. The summed E-state index contributed by atoms with van der Waals surface area (Å²) in [5, 5.41) is 18.9. The van der Waals surface area contributed by atoms with E-state index >= 15 is 4.39 Å². The van der Waals surface area contributed by atoms with E-state index in [2.05, 4.69) is 23.3 Å². The highest BCUT2D eigenvalue weighted by Crippen LogP contribution is 2.46. The summed E-state index contributed by atoms with van der Waals surface area (Å²) in [6.45, 7) is 7.19. The molecule has 0 aliphatic carbocycles. The van der Waals surface area contributed by atoms with Gasteiger partial charge in [-0.05, 0) is 43.2 Å². The van der Waals surface area contributed by atoms with Crippen LogP contribution in [0, 0.1) is 11.3 Å². The average molecular weight is 871 g/mol. The largest absolute Gasteiger partial charge is 0.478 e. The molecule has 1 aromatic heterocycles. The van der Waals surface area contributed by atoms with E-state index in [0.717, 1.165) is 12.8 Å². The summed E-state index contributed by atoms with van der Waals surface area (Å²) in [7, 11) is -1.66. The van der Waals surface area contributed by atoms with E-state index in [4.69, 9.17) is 23.9 Å². The van der Waals surface area contributed by atoms with Crippen LogP contribution in [0.15, 0.2) is 77.7 Å². The Morgan fingerprint density at radius 1 is 0.817 bits per heavy atom. The van der Waals surface area contributed by atoms with Gasteiger partial charge in [-0.3, -0.25) is 9.36 Å². The minimum Gasteiger partial charge on any atom is -0.478 e. The van der Waals surface area contributed by atoms with E-state index in [9.17, 15) is 14.4 Å². The maximum Gasteiger partial charge on any atom is 0.350 e. The number of halogens is 1. The molecule has 4 atom stereocenters. The molecule has 11 nitrogen and oxygen atoms in total. The second-order valence-corrected chi connectivity index (χ2v) is 16.9. The second kappa shape index (κ2) is 34.0. The first-order valence-corrected chi connectivity index (χ1v) is 24.0. The fraction of sp³-hybridized carbons (Fsp3) is 0.587. The molecule has 1 fully saturated rings. The van der Waals surface area contributed by atoms with Crippen molar-refractivity contribution in [1.82, 2.24) is 9.55 Å². The Balaban J connectivity index is 0.000000982. The number of amides is 1. The van der Waals surface area contributed by atoms with Crippen LogP contribution in [-0.4, -0.2) is 57.8 Å². The number of thioether (sulfide) groups is 1. The number of rotatable bonds is 28. The van der Waals surface area contributed by atoms with E-state index in [1.165, 1.54) is 118 Å². The number of nitrogens with zero attached hydrogens (tertiary/aromatic N) is 3. The minimum absolute atomic E-state index is 0.107. The summed E-state index contributed by atoms with van der Waals surface area (Å²) in [5.41, 5.74) is 0.131. The number of carboxylic acid groups (broad SMARTS) is 1. The van der Waals surface area contributed by atoms with Crippen molar-refractivity contribution in [2.24, 2.45) is 0 Å². The number of unbranched alkanes of at least 4 members (excludes halogenated alkanes) is 15. The molecule has 1 saturated heterocycles. The molecular weight excluding hydrogens is 803 g/mol. The van der Waals surface area contributed by atoms with Gasteiger partial charge in [0.05, 0.1) is 37.9 Å². The number of carbonyl (C=O) groups excluding carboxylic acids is 1. The van der Waals surface area contributed by atoms with E-state index < -0.39 is 31.8 Å². The van der Waals surface area contributed by atoms with Gasteiger partial charge in [0.15, 0.2) is 0 Å². The third-order valence-electron chi connectivity index (χ3n) is 9.50. The van der Waals surface area contributed by atoms with Gasteiger partial charge < -0.3 is 24.0 Å². The van der Waals surface area contributed by atoms with Crippen LogP contribution in [0.25, 0.3) is 0 Å². The molecular formula is C46H68FN4O7PS. The van der Waals surface area contributed by atoms with Gasteiger partial charge in [-0.25, -0.2) is 14.0 Å². The highest BCUT2D eigenvalue weighted by molar-refractivity contribution is 8.00. The zero-order chi connectivity index (χ0) is 43.6. The number of hydrogen-bond acceptors (Lipinski definition) is 9. The summed E-state index contributed by atoms with van der Waals surface area (Å²) in [6.07, 6.45) is 21.4. The monoisotopic (exact) mass is 870 g/mol. The summed E-state index contributed by atoms with van der Waals surface area (Å²) in [6, 6.07) is 20.5. The van der Waals surface area contributed by atoms with Crippen molar-refractivity contribution in [3.8, 4) is 6.07 Å². The van der Waals surface area contributed by atoms with Crippen molar-refractivity contribution in [2.75, 3.05) is 25.1 Å². The van der Waals surface area contributed by atoms with Gasteiger partial charge in [-0.15, -0.1) is 11.8 Å². The number of aromatic carboxylic acids is 1. The maximum atomic E-state index is 15.1. The lowest BCUT2D eigenvalue weighted by atomic mass is 10.0. The molecule has 1 amide bonds. The minimum atomic E-state index is -1.66. The molecule has 1 aliphatic heterocycles. The Kier molecular flexibility index (Phi) is 29.7. The summed E-state index contributed by atoms with van der Waals surface area (Å²) < 4.78 is 33.9. The number of hydrogen-bond donors (Lipinski definition) is 2. The Bertz CT molecular complexity index is 1670. The van der Waals surface area contributed by atoms with Gasteiger partial charge in [0.1, 0.15) is 17.4 Å². The molecule has 0 spiro atoms. The second-order valence-electron chi connectivity index (χ2n) is 14.3. The van der Waals surface area contributed by atoms with E-state index in [0.29, 0.717) is 17.7 Å². The first-order valence-electron chi connectivity index (χ1n) is 21.9. The number of carboxylic acids is 1. The fourth-order valence-electron chi connectivity index (χ4n) is 6.30. The molecule has 2 N–H and O–H groups in total. The molecule has 4 unspecified atom stereocenters. The van der Waals surface area contributed by atoms with E-state index in [1.807, 2.05) is 13.8 Å². The standard InChI is InChI=1S/C37H56FN4O5PS.C7H6O2.C2H6/c1-2-3-4-5-6-7-8-9-10-11-12-13-14-15-16-20-27-45-48(46-28-21-25-39)47-30-32-29-33(38)36(49-32)42-26-24-34(41-37(42)44)40-35(43)31-22-18-17-19-23-31;8-7(9)6-4-2-1-3-5-6;1-2/h17-19,22-24,26,32-33,36H,2-16,20-21,27-30H2,1H3,(H,40,41,43,44);1-5H,(H,8,9);1-2H3. The highest BCUT2D eigenvalue weighted by Gasteiger charge is 2.38. The summed E-state index contributed by atoms with van der Waals surface area (Å²) >= 11 is 1.31. The van der Waals surface area contributed by atoms with Crippen LogP contribution in [0.3, 0.4) is 0 Å². The molecule has 2 heterocycles. The number of nitriles is 1. The van der Waals surface area contributed by atoms with Crippen LogP contribution in [0.1, 0.15) is 162 Å². The normalized spacial score (nSPS) is 16.1. The number of anilines is 1. The van der Waals surface area contributed by atoms with Gasteiger partial charge in [0.2, 0.25) is 0 Å². The Morgan fingerprint density at radius 3 is 1.83 bits per heavy atom. The van der Waals surface area contributed by atoms with Gasteiger partial charge in [0, 0.05) is 17.0 Å². The van der Waals surface area contributed by atoms with Gasteiger partial charge in [0.25, 0.3) is 5.91 Å². The fourth-order valence-corrected chi connectivity index (χ4v) is 8.85. The van der Waals surface area contributed by atoms with Crippen molar-refractivity contribution >= 4 is 38.1 Å². The molecule has 14 heteroatoms. The molecule has 332 valence electrons. The van der Waals surface area contributed by atoms with E-state index in [1.54, 1.807) is 60.7 Å². The maximum absolute atomic E-state index is 15.1. The van der Waals surface area contributed by atoms with Crippen molar-refractivity contribution in [2.45, 2.75) is 153 Å². The van der Waals surface area contributed by atoms with Crippen molar-refractivity contribution in [1.29, 1.82) is 5.26 Å². The van der Waals surface area contributed by atoms with Gasteiger partial charge in [-0.2, -0.15) is 10.2 Å². The molecule has 2 aromatic carbocycles. The molecule has 0 bridgehead atoms. The van der Waals surface area contributed by atoms with Crippen LogP contribution in [0.4, 0.5) is 10.2 Å². The average Bonchev–Trinajstić information content (AvgIpc) is 3.64. The third kappa shape index (κ3) is 22.8. The number of carbonyl (C=O) groups is 2. The Labute approximate surface area is 363 Å². The smallest absolute Gasteiger partial charge is 0.350 e. The molecule has 0 radical (unpaired) electrons. The van der Waals surface area contributed by atoms with Gasteiger partial charge in [-0.1, -0.05) is 153 Å². The topological polar surface area (TPSA) is 153 Å². The Morgan fingerprint density at radius 2 is 1.33 bits per heavy atom.